The molecule has 1 fully saturated rings. The zero-order chi connectivity index (χ0) is 19.8. The molecule has 1 saturated heterocycles. The van der Waals surface area contributed by atoms with Crippen LogP contribution in [0.5, 0.6) is 0 Å². The van der Waals surface area contributed by atoms with Gasteiger partial charge >= 0.3 is 12.1 Å². The maximum Gasteiger partial charge on any atom is 0.435 e. The Morgan fingerprint density at radius 2 is 2.11 bits per heavy atom. The standard InChI is InChI=1S/C17H17ClF3N3O3/c1-27-16(26)12-7-4-8-23(12)15(25)13-9-14(17(19,20)21)22-24(13)11-6-3-2-5-10(11)18/h2-3,5-6,9,12,15,25H,4,7-8H2,1H3/t12-,15?/m0/s1. The quantitative estimate of drug-likeness (QED) is 0.794. The fourth-order valence-corrected chi connectivity index (χ4v) is 3.39. The Morgan fingerprint density at radius 3 is 2.74 bits per heavy atom. The van der Waals surface area contributed by atoms with Crippen molar-refractivity contribution in [1.29, 1.82) is 0 Å². The molecule has 0 aliphatic carbocycles. The lowest BCUT2D eigenvalue weighted by atomic mass is 10.2. The summed E-state index contributed by atoms with van der Waals surface area (Å²) in [7, 11) is 1.22. The summed E-state index contributed by atoms with van der Waals surface area (Å²) in [5.41, 5.74) is -1.10. The first-order valence-corrected chi connectivity index (χ1v) is 8.55. The average molecular weight is 404 g/mol. The molecule has 0 saturated carbocycles. The van der Waals surface area contributed by atoms with Gasteiger partial charge in [0.1, 0.15) is 6.04 Å². The number of alkyl halides is 3. The number of carbonyl (C=O) groups is 1. The monoisotopic (exact) mass is 403 g/mol. The van der Waals surface area contributed by atoms with Gasteiger partial charge in [0.05, 0.1) is 23.5 Å². The number of hydrogen-bond donors (Lipinski definition) is 1. The van der Waals surface area contributed by atoms with Crippen LogP contribution in [-0.2, 0) is 15.7 Å². The molecular weight excluding hydrogens is 387 g/mol. The predicted molar refractivity (Wildman–Crippen MR) is 90.3 cm³/mol. The second-order valence-electron chi connectivity index (χ2n) is 6.11. The number of para-hydroxylation sites is 1. The number of aliphatic hydroxyl groups excluding tert-OH is 1. The fraction of sp³-hybridized carbons (Fsp3) is 0.412. The number of benzene rings is 1. The number of carbonyl (C=O) groups excluding carboxylic acids is 1. The molecule has 0 amide bonds. The first kappa shape index (κ1) is 19.7. The normalized spacial score (nSPS) is 19.3. The highest BCUT2D eigenvalue weighted by Gasteiger charge is 2.40. The van der Waals surface area contributed by atoms with Gasteiger partial charge in [-0.05, 0) is 31.0 Å². The number of rotatable bonds is 4. The van der Waals surface area contributed by atoms with E-state index >= 15 is 0 Å². The van der Waals surface area contributed by atoms with Crippen molar-refractivity contribution in [3.8, 4) is 5.69 Å². The summed E-state index contributed by atoms with van der Waals surface area (Å²) < 4.78 is 45.3. The van der Waals surface area contributed by atoms with E-state index in [0.29, 0.717) is 19.4 Å². The van der Waals surface area contributed by atoms with Gasteiger partial charge in [-0.25, -0.2) is 4.68 Å². The third-order valence-corrected chi connectivity index (χ3v) is 4.77. The van der Waals surface area contributed by atoms with Gasteiger partial charge in [0, 0.05) is 6.54 Å². The van der Waals surface area contributed by atoms with E-state index in [1.807, 2.05) is 0 Å². The molecule has 10 heteroatoms. The van der Waals surface area contributed by atoms with Gasteiger partial charge in [-0.2, -0.15) is 18.3 Å². The van der Waals surface area contributed by atoms with Crippen molar-refractivity contribution in [2.75, 3.05) is 13.7 Å². The molecule has 2 heterocycles. The van der Waals surface area contributed by atoms with Crippen LogP contribution in [0.4, 0.5) is 13.2 Å². The zero-order valence-electron chi connectivity index (χ0n) is 14.3. The lowest BCUT2D eigenvalue weighted by molar-refractivity contribution is -0.150. The molecule has 1 unspecified atom stereocenters. The molecule has 2 atom stereocenters. The van der Waals surface area contributed by atoms with Gasteiger partial charge < -0.3 is 9.84 Å². The number of likely N-dealkylation sites (tertiary alicyclic amines) is 1. The number of aromatic nitrogens is 2. The van der Waals surface area contributed by atoms with Crippen molar-refractivity contribution in [2.24, 2.45) is 0 Å². The van der Waals surface area contributed by atoms with Crippen molar-refractivity contribution >= 4 is 17.6 Å². The minimum absolute atomic E-state index is 0.133. The highest BCUT2D eigenvalue weighted by Crippen LogP contribution is 2.35. The second kappa shape index (κ2) is 7.49. The van der Waals surface area contributed by atoms with Crippen LogP contribution in [0.2, 0.25) is 5.02 Å². The van der Waals surface area contributed by atoms with Crippen molar-refractivity contribution < 1.29 is 27.8 Å². The summed E-state index contributed by atoms with van der Waals surface area (Å²) in [4.78, 5) is 13.3. The Morgan fingerprint density at radius 1 is 1.41 bits per heavy atom. The number of hydrogen-bond acceptors (Lipinski definition) is 5. The fourth-order valence-electron chi connectivity index (χ4n) is 3.18. The van der Waals surface area contributed by atoms with E-state index in [9.17, 15) is 23.1 Å². The van der Waals surface area contributed by atoms with Crippen LogP contribution in [0.25, 0.3) is 5.69 Å². The van der Waals surface area contributed by atoms with E-state index < -0.39 is 30.1 Å². The zero-order valence-corrected chi connectivity index (χ0v) is 15.0. The molecule has 0 radical (unpaired) electrons. The van der Waals surface area contributed by atoms with E-state index in [-0.39, 0.29) is 16.4 Å². The number of aliphatic hydroxyl groups is 1. The van der Waals surface area contributed by atoms with Crippen LogP contribution in [0.1, 0.15) is 30.5 Å². The van der Waals surface area contributed by atoms with Crippen LogP contribution in [0.3, 0.4) is 0 Å². The van der Waals surface area contributed by atoms with Gasteiger partial charge in [0.2, 0.25) is 0 Å². The first-order chi connectivity index (χ1) is 12.7. The molecule has 1 aromatic carbocycles. The molecule has 3 rings (SSSR count). The maximum atomic E-state index is 13.2. The van der Waals surface area contributed by atoms with Crippen LogP contribution in [-0.4, -0.2) is 45.5 Å². The Hall–Kier alpha value is -2.10. The Kier molecular flexibility index (Phi) is 5.45. The molecule has 1 aliphatic heterocycles. The van der Waals surface area contributed by atoms with E-state index in [1.165, 1.54) is 24.1 Å². The van der Waals surface area contributed by atoms with Gasteiger partial charge in [0.15, 0.2) is 11.9 Å². The van der Waals surface area contributed by atoms with Crippen molar-refractivity contribution in [2.45, 2.75) is 31.3 Å². The maximum absolute atomic E-state index is 13.2. The number of nitrogens with zero attached hydrogens (tertiary/aromatic N) is 3. The smallest absolute Gasteiger partial charge is 0.435 e. The predicted octanol–water partition coefficient (Wildman–Crippen LogP) is 3.17. The summed E-state index contributed by atoms with van der Waals surface area (Å²) in [6.45, 7) is 0.329. The highest BCUT2D eigenvalue weighted by atomic mass is 35.5. The molecule has 0 bridgehead atoms. The summed E-state index contributed by atoms with van der Waals surface area (Å²) in [5.74, 6) is -0.550. The number of methoxy groups -OCH3 is 1. The van der Waals surface area contributed by atoms with Crippen LogP contribution in [0.15, 0.2) is 30.3 Å². The lowest BCUT2D eigenvalue weighted by Gasteiger charge is -2.28. The summed E-state index contributed by atoms with van der Waals surface area (Å²) in [6, 6.07) is 6.25. The van der Waals surface area contributed by atoms with Gasteiger partial charge in [-0.1, -0.05) is 23.7 Å². The highest BCUT2D eigenvalue weighted by molar-refractivity contribution is 6.32. The molecule has 146 valence electrons. The van der Waals surface area contributed by atoms with Crippen LogP contribution in [0, 0.1) is 0 Å². The molecule has 6 nitrogen and oxygen atoms in total. The molecular formula is C17H17ClF3N3O3. The molecule has 2 aromatic rings. The number of ether oxygens (including phenoxy) is 1. The minimum Gasteiger partial charge on any atom is -0.468 e. The van der Waals surface area contributed by atoms with Gasteiger partial charge in [-0.3, -0.25) is 9.69 Å². The topological polar surface area (TPSA) is 67.6 Å². The summed E-state index contributed by atoms with van der Waals surface area (Å²) in [5, 5.41) is 14.6. The first-order valence-electron chi connectivity index (χ1n) is 8.17. The molecule has 1 N–H and O–H groups in total. The van der Waals surface area contributed by atoms with E-state index in [0.717, 1.165) is 10.7 Å². The Bertz CT molecular complexity index is 840. The third-order valence-electron chi connectivity index (χ3n) is 4.45. The Balaban J connectivity index is 2.07. The minimum atomic E-state index is -4.70. The van der Waals surface area contributed by atoms with Crippen molar-refractivity contribution in [3.63, 3.8) is 0 Å². The van der Waals surface area contributed by atoms with Gasteiger partial charge in [-0.15, -0.1) is 0 Å². The Labute approximate surface area is 158 Å². The van der Waals surface area contributed by atoms with Crippen molar-refractivity contribution in [1.82, 2.24) is 14.7 Å². The second-order valence-corrected chi connectivity index (χ2v) is 6.52. The molecule has 1 aromatic heterocycles. The molecule has 0 spiro atoms. The number of esters is 1. The molecule has 1 aliphatic rings. The molecule has 27 heavy (non-hydrogen) atoms. The summed E-state index contributed by atoms with van der Waals surface area (Å²) in [6.07, 6.45) is -5.15. The van der Waals surface area contributed by atoms with Crippen LogP contribution < -0.4 is 0 Å². The average Bonchev–Trinajstić information content (AvgIpc) is 3.28. The van der Waals surface area contributed by atoms with E-state index in [4.69, 9.17) is 16.3 Å². The summed E-state index contributed by atoms with van der Waals surface area (Å²) >= 11 is 6.11. The van der Waals surface area contributed by atoms with E-state index in [2.05, 4.69) is 5.10 Å². The van der Waals surface area contributed by atoms with E-state index in [1.54, 1.807) is 12.1 Å². The lowest BCUT2D eigenvalue weighted by Crippen LogP contribution is -2.40. The van der Waals surface area contributed by atoms with Gasteiger partial charge in [0.25, 0.3) is 0 Å². The van der Waals surface area contributed by atoms with Crippen LogP contribution >= 0.6 is 11.6 Å². The van der Waals surface area contributed by atoms with Crippen molar-refractivity contribution in [3.05, 3.63) is 46.7 Å². The number of halogens is 4. The third kappa shape index (κ3) is 3.80. The largest absolute Gasteiger partial charge is 0.468 e. The SMILES string of the molecule is COC(=O)[C@@H]1CCCN1C(O)c1cc(C(F)(F)F)nn1-c1ccccc1Cl.